The van der Waals surface area contributed by atoms with E-state index in [1.165, 1.54) is 20.9 Å². The molecule has 0 saturated carbocycles. The molecule has 2 aromatic rings. The van der Waals surface area contributed by atoms with Crippen molar-refractivity contribution in [2.45, 2.75) is 45.1 Å². The van der Waals surface area contributed by atoms with Crippen LogP contribution in [0.1, 0.15) is 36.5 Å². The molecular weight excluding hydrogens is 361 g/mol. The Hall–Kier alpha value is -2.74. The van der Waals surface area contributed by atoms with Gasteiger partial charge < -0.3 is 20.5 Å². The number of halogens is 1. The lowest BCUT2D eigenvalue weighted by atomic mass is 10.00. The van der Waals surface area contributed by atoms with E-state index >= 15 is 0 Å². The van der Waals surface area contributed by atoms with Gasteiger partial charge in [0.05, 0.1) is 5.69 Å². The summed E-state index contributed by atoms with van der Waals surface area (Å²) in [5, 5.41) is 8.22. The van der Waals surface area contributed by atoms with Gasteiger partial charge in [0.25, 0.3) is 5.91 Å². The number of carbonyl (C=O) groups excluding carboxylic acids is 2. The number of hydrogen-bond donors (Lipinski definition) is 3. The number of carbonyl (C=O) groups is 2. The Balaban J connectivity index is 2.00. The van der Waals surface area contributed by atoms with Crippen LogP contribution in [0.15, 0.2) is 30.3 Å². The lowest BCUT2D eigenvalue weighted by Gasteiger charge is -2.26. The van der Waals surface area contributed by atoms with E-state index in [4.69, 9.17) is 0 Å². The van der Waals surface area contributed by atoms with Crippen LogP contribution in [-0.4, -0.2) is 46.7 Å². The highest BCUT2D eigenvalue weighted by Gasteiger charge is 2.37. The first-order valence-electron chi connectivity index (χ1n) is 9.40. The maximum atomic E-state index is 14.5. The second-order valence-electron chi connectivity index (χ2n) is 7.36. The van der Waals surface area contributed by atoms with Crippen molar-refractivity contribution in [3.8, 4) is 11.4 Å². The maximum absolute atomic E-state index is 14.5. The average Bonchev–Trinajstić information content (AvgIpc) is 2.86. The van der Waals surface area contributed by atoms with Crippen molar-refractivity contribution in [1.82, 2.24) is 25.5 Å². The van der Waals surface area contributed by atoms with E-state index in [1.54, 1.807) is 0 Å². The van der Waals surface area contributed by atoms with Gasteiger partial charge in [-0.3, -0.25) is 9.59 Å². The van der Waals surface area contributed by atoms with Crippen LogP contribution in [0.5, 0.6) is 0 Å². The van der Waals surface area contributed by atoms with Crippen LogP contribution < -0.4 is 16.0 Å². The zero-order chi connectivity index (χ0) is 20.3. The molecule has 1 aliphatic heterocycles. The summed E-state index contributed by atoms with van der Waals surface area (Å²) in [5.74, 6) is -0.457. The van der Waals surface area contributed by atoms with Crippen molar-refractivity contribution >= 4 is 11.8 Å². The van der Waals surface area contributed by atoms with Crippen LogP contribution in [0, 0.1) is 0 Å². The fourth-order valence-corrected chi connectivity index (χ4v) is 3.36. The minimum Gasteiger partial charge on any atom is -0.357 e. The van der Waals surface area contributed by atoms with Crippen LogP contribution in [0.3, 0.4) is 0 Å². The highest BCUT2D eigenvalue weighted by atomic mass is 19.1. The van der Waals surface area contributed by atoms with Crippen molar-refractivity contribution in [2.75, 3.05) is 13.6 Å². The number of nitrogens with one attached hydrogen (secondary N) is 3. The number of benzene rings is 1. The van der Waals surface area contributed by atoms with Gasteiger partial charge in [0.2, 0.25) is 5.91 Å². The van der Waals surface area contributed by atoms with Gasteiger partial charge in [-0.1, -0.05) is 30.3 Å². The first kappa shape index (κ1) is 20.0. The van der Waals surface area contributed by atoms with E-state index in [2.05, 4.69) is 20.9 Å². The highest BCUT2D eigenvalue weighted by Crippen LogP contribution is 2.25. The molecule has 1 unspecified atom stereocenters. The van der Waals surface area contributed by atoms with Gasteiger partial charge in [-0.05, 0) is 26.8 Å². The molecule has 150 valence electrons. The molecule has 0 bridgehead atoms. The molecule has 1 aromatic heterocycles. The summed E-state index contributed by atoms with van der Waals surface area (Å²) in [5.41, 5.74) is -0.0709. The Morgan fingerprint density at radius 1 is 1.29 bits per heavy atom. The Morgan fingerprint density at radius 2 is 2.00 bits per heavy atom. The summed E-state index contributed by atoms with van der Waals surface area (Å²) in [6, 6.07) is 8.31. The van der Waals surface area contributed by atoms with Crippen molar-refractivity contribution in [3.05, 3.63) is 41.7 Å². The van der Waals surface area contributed by atoms with Crippen LogP contribution in [0.2, 0.25) is 0 Å². The predicted octanol–water partition coefficient (Wildman–Crippen LogP) is 1.64. The van der Waals surface area contributed by atoms with Crippen molar-refractivity contribution in [2.24, 2.45) is 0 Å². The van der Waals surface area contributed by atoms with Gasteiger partial charge in [0.1, 0.15) is 17.5 Å². The highest BCUT2D eigenvalue weighted by molar-refractivity contribution is 5.98. The molecule has 2 heterocycles. The molecule has 2 amide bonds. The second kappa shape index (κ2) is 8.10. The van der Waals surface area contributed by atoms with E-state index < -0.39 is 23.5 Å². The molecule has 0 radical (unpaired) electrons. The van der Waals surface area contributed by atoms with E-state index in [1.807, 2.05) is 34.9 Å². The molecule has 1 aliphatic rings. The number of alkyl halides is 1. The molecule has 7 nitrogen and oxygen atoms in total. The summed E-state index contributed by atoms with van der Waals surface area (Å²) in [4.78, 5) is 29.7. The summed E-state index contributed by atoms with van der Waals surface area (Å²) < 4.78 is 16.6. The molecule has 1 aromatic carbocycles. The largest absolute Gasteiger partial charge is 0.357 e. The van der Waals surface area contributed by atoms with Gasteiger partial charge in [-0.25, -0.2) is 9.37 Å². The number of nitrogens with zero attached hydrogens (tertiary/aromatic N) is 2. The Labute approximate surface area is 163 Å². The van der Waals surface area contributed by atoms with Crippen molar-refractivity contribution < 1.29 is 14.0 Å². The van der Waals surface area contributed by atoms with Crippen molar-refractivity contribution in [3.63, 3.8) is 0 Å². The normalized spacial score (nSPS) is 15.3. The standard InChI is InChI=1S/C20H26FN5O2/c1-20(2,21)16(19(28)22-3)25-18(27)15-14-12-23-10-7-11-26(14)17(24-15)13-8-5-4-6-9-13/h4-6,8-9,16,23H,7,10-12H2,1-3H3,(H,22,28)(H,25,27). The molecule has 3 rings (SSSR count). The van der Waals surface area contributed by atoms with Gasteiger partial charge >= 0.3 is 0 Å². The SMILES string of the molecule is CNC(=O)C(NC(=O)c1nc(-c2ccccc2)n2c1CNCCC2)C(C)(C)F. The number of fused-ring (bicyclic) bond motifs is 1. The number of amides is 2. The Kier molecular flexibility index (Phi) is 5.79. The predicted molar refractivity (Wildman–Crippen MR) is 104 cm³/mol. The van der Waals surface area contributed by atoms with Crippen LogP contribution >= 0.6 is 0 Å². The minimum absolute atomic E-state index is 0.214. The maximum Gasteiger partial charge on any atom is 0.272 e. The smallest absolute Gasteiger partial charge is 0.272 e. The summed E-state index contributed by atoms with van der Waals surface area (Å²) in [7, 11) is 1.41. The third kappa shape index (κ3) is 4.06. The molecule has 8 heteroatoms. The monoisotopic (exact) mass is 387 g/mol. The fourth-order valence-electron chi connectivity index (χ4n) is 3.36. The molecular formula is C20H26FN5O2. The Bertz CT molecular complexity index is 857. The first-order valence-corrected chi connectivity index (χ1v) is 9.40. The third-order valence-electron chi connectivity index (χ3n) is 4.82. The Morgan fingerprint density at radius 3 is 2.64 bits per heavy atom. The molecule has 0 saturated heterocycles. The number of imidazole rings is 1. The quantitative estimate of drug-likeness (QED) is 0.728. The number of rotatable bonds is 5. The van der Waals surface area contributed by atoms with Crippen molar-refractivity contribution in [1.29, 1.82) is 0 Å². The lowest BCUT2D eigenvalue weighted by molar-refractivity contribution is -0.125. The molecule has 28 heavy (non-hydrogen) atoms. The van der Waals surface area contributed by atoms with Crippen LogP contribution in [0.25, 0.3) is 11.4 Å². The lowest BCUT2D eigenvalue weighted by Crippen LogP contribution is -2.55. The molecule has 1 atom stereocenters. The molecule has 0 fully saturated rings. The van der Waals surface area contributed by atoms with E-state index in [0.717, 1.165) is 30.8 Å². The van der Waals surface area contributed by atoms with Crippen LogP contribution in [-0.2, 0) is 17.9 Å². The number of hydrogen-bond acceptors (Lipinski definition) is 4. The minimum atomic E-state index is -1.92. The second-order valence-corrected chi connectivity index (χ2v) is 7.36. The van der Waals surface area contributed by atoms with Gasteiger partial charge in [-0.15, -0.1) is 0 Å². The van der Waals surface area contributed by atoms with Crippen LogP contribution in [0.4, 0.5) is 4.39 Å². The number of aromatic nitrogens is 2. The van der Waals surface area contributed by atoms with E-state index in [0.29, 0.717) is 12.4 Å². The zero-order valence-electron chi connectivity index (χ0n) is 16.4. The molecule has 0 aliphatic carbocycles. The molecule has 3 N–H and O–H groups in total. The topological polar surface area (TPSA) is 88.1 Å². The average molecular weight is 387 g/mol. The first-order chi connectivity index (χ1) is 13.3. The summed E-state index contributed by atoms with van der Waals surface area (Å²) in [6.45, 7) is 4.55. The summed E-state index contributed by atoms with van der Waals surface area (Å²) in [6.07, 6.45) is 0.905. The van der Waals surface area contributed by atoms with Gasteiger partial charge in [0.15, 0.2) is 5.69 Å². The van der Waals surface area contributed by atoms with Gasteiger partial charge in [0, 0.05) is 25.7 Å². The number of likely N-dealkylation sites (N-methyl/N-ethyl adjacent to an activating group) is 1. The van der Waals surface area contributed by atoms with E-state index in [9.17, 15) is 14.0 Å². The molecule has 0 spiro atoms. The summed E-state index contributed by atoms with van der Waals surface area (Å²) >= 11 is 0. The zero-order valence-corrected chi connectivity index (χ0v) is 16.4. The third-order valence-corrected chi connectivity index (χ3v) is 4.82. The van der Waals surface area contributed by atoms with E-state index in [-0.39, 0.29) is 5.69 Å². The van der Waals surface area contributed by atoms with Gasteiger partial charge in [-0.2, -0.15) is 0 Å². The fraction of sp³-hybridized carbons (Fsp3) is 0.450.